The van der Waals surface area contributed by atoms with Crippen LogP contribution in [0.1, 0.15) is 6.92 Å². The summed E-state index contributed by atoms with van der Waals surface area (Å²) in [6, 6.07) is -0.225. The van der Waals surface area contributed by atoms with Crippen LogP contribution in [0.2, 0.25) is 0 Å². The molecule has 0 aliphatic carbocycles. The van der Waals surface area contributed by atoms with Gasteiger partial charge in [-0.25, -0.2) is 4.72 Å². The molecule has 0 unspecified atom stereocenters. The molecule has 0 rings (SSSR count). The molecular formula is C4H8INO2S. The first-order chi connectivity index (χ1) is 4.22. The normalized spacial score (nSPS) is 12.8. The van der Waals surface area contributed by atoms with Gasteiger partial charge in [-0.15, -0.1) is 0 Å². The van der Waals surface area contributed by atoms with E-state index in [1.807, 2.05) is 0 Å². The maximum Gasteiger partial charge on any atom is 0.323 e. The highest BCUT2D eigenvalue weighted by molar-refractivity contribution is 14.2. The molecule has 0 saturated carbocycles. The van der Waals surface area contributed by atoms with E-state index in [0.29, 0.717) is 0 Å². The van der Waals surface area contributed by atoms with E-state index in [0.717, 1.165) is 0 Å². The number of methoxy groups -OCH3 is 1. The van der Waals surface area contributed by atoms with Gasteiger partial charge < -0.3 is 4.74 Å². The summed E-state index contributed by atoms with van der Waals surface area (Å²) in [5.74, 6) is -0.237. The Morgan fingerprint density at radius 1 is 1.89 bits per heavy atom. The molecule has 0 aromatic rings. The fourth-order valence-electron chi connectivity index (χ4n) is 0.292. The number of rotatable bonds is 3. The molecule has 54 valence electrons. The van der Waals surface area contributed by atoms with E-state index in [-0.39, 0.29) is 12.0 Å². The molecule has 1 N–H and O–H groups in total. The summed E-state index contributed by atoms with van der Waals surface area (Å²) >= 11 is 2.05. The minimum atomic E-state index is -0.237. The summed E-state index contributed by atoms with van der Waals surface area (Å²) in [6.07, 6.45) is 0. The Balaban J connectivity index is 3.45. The van der Waals surface area contributed by atoms with Crippen molar-refractivity contribution in [1.29, 1.82) is 0 Å². The van der Waals surface area contributed by atoms with Gasteiger partial charge in [-0.05, 0) is 16.0 Å². The van der Waals surface area contributed by atoms with Gasteiger partial charge in [-0.1, -0.05) is 0 Å². The van der Waals surface area contributed by atoms with Crippen LogP contribution < -0.4 is 4.72 Å². The maximum atomic E-state index is 10.6. The molecule has 0 bridgehead atoms. The Morgan fingerprint density at radius 3 is 2.78 bits per heavy atom. The number of ether oxygens (including phenoxy) is 1. The third-order valence-corrected chi connectivity index (χ3v) is 1.98. The van der Waals surface area contributed by atoms with Gasteiger partial charge >= 0.3 is 5.97 Å². The highest BCUT2D eigenvalue weighted by Gasteiger charge is 2.10. The lowest BCUT2D eigenvalue weighted by Gasteiger charge is -2.06. The van der Waals surface area contributed by atoms with Crippen molar-refractivity contribution in [3.8, 4) is 0 Å². The van der Waals surface area contributed by atoms with E-state index < -0.39 is 0 Å². The molecule has 0 saturated heterocycles. The average Bonchev–Trinajstić information content (AvgIpc) is 1.87. The summed E-state index contributed by atoms with van der Waals surface area (Å²) in [6.45, 7) is 1.75. The van der Waals surface area contributed by atoms with Crippen LogP contribution in [-0.2, 0) is 9.53 Å². The van der Waals surface area contributed by atoms with E-state index in [1.165, 1.54) is 16.2 Å². The number of hydrogen-bond acceptors (Lipinski definition) is 4. The third kappa shape index (κ3) is 3.99. The molecule has 0 aromatic heterocycles. The zero-order valence-electron chi connectivity index (χ0n) is 5.18. The van der Waals surface area contributed by atoms with Gasteiger partial charge in [-0.3, -0.25) is 4.79 Å². The summed E-state index contributed by atoms with van der Waals surface area (Å²) in [5.41, 5.74) is 0. The van der Waals surface area contributed by atoms with Crippen LogP contribution in [0.5, 0.6) is 0 Å². The van der Waals surface area contributed by atoms with Crippen molar-refractivity contribution in [2.24, 2.45) is 0 Å². The molecule has 0 aliphatic rings. The van der Waals surface area contributed by atoms with Gasteiger partial charge in [0.2, 0.25) is 0 Å². The fourth-order valence-corrected chi connectivity index (χ4v) is 1.67. The summed E-state index contributed by atoms with van der Waals surface area (Å²) in [7, 11) is 2.75. The SMILES string of the molecule is COC(=O)[C@@H](C)NSI. The Morgan fingerprint density at radius 2 is 2.44 bits per heavy atom. The topological polar surface area (TPSA) is 38.3 Å². The highest BCUT2D eigenvalue weighted by atomic mass is 127. The number of halogens is 1. The zero-order chi connectivity index (χ0) is 7.28. The molecule has 0 amide bonds. The molecule has 3 nitrogen and oxygen atoms in total. The Bertz CT molecular complexity index is 101. The monoisotopic (exact) mass is 261 g/mol. The second kappa shape index (κ2) is 5.31. The number of nitrogens with one attached hydrogen (secondary N) is 1. The van der Waals surface area contributed by atoms with Crippen molar-refractivity contribution >= 4 is 36.3 Å². The molecule has 9 heavy (non-hydrogen) atoms. The van der Waals surface area contributed by atoms with E-state index in [1.54, 1.807) is 6.92 Å². The van der Waals surface area contributed by atoms with Crippen molar-refractivity contribution in [2.45, 2.75) is 13.0 Å². The van der Waals surface area contributed by atoms with Crippen molar-refractivity contribution < 1.29 is 9.53 Å². The van der Waals surface area contributed by atoms with Crippen molar-refractivity contribution in [1.82, 2.24) is 4.72 Å². The van der Waals surface area contributed by atoms with E-state index >= 15 is 0 Å². The Kier molecular flexibility index (Phi) is 5.61. The molecule has 0 aliphatic heterocycles. The van der Waals surface area contributed by atoms with Gasteiger partial charge in [-0.2, -0.15) is 0 Å². The first-order valence-electron chi connectivity index (χ1n) is 2.33. The van der Waals surface area contributed by atoms with Gasteiger partial charge in [0.25, 0.3) is 0 Å². The smallest absolute Gasteiger partial charge is 0.323 e. The molecule has 0 aromatic carbocycles. The third-order valence-electron chi connectivity index (χ3n) is 0.776. The molecule has 0 fully saturated rings. The summed E-state index contributed by atoms with van der Waals surface area (Å²) < 4.78 is 7.27. The van der Waals surface area contributed by atoms with Crippen molar-refractivity contribution in [2.75, 3.05) is 7.11 Å². The van der Waals surface area contributed by atoms with Crippen LogP contribution in [-0.4, -0.2) is 19.1 Å². The lowest BCUT2D eigenvalue weighted by Crippen LogP contribution is -2.29. The predicted molar refractivity (Wildman–Crippen MR) is 46.2 cm³/mol. The minimum Gasteiger partial charge on any atom is -0.468 e. The van der Waals surface area contributed by atoms with Gasteiger partial charge in [0.05, 0.1) is 7.11 Å². The minimum absolute atomic E-state index is 0.225. The van der Waals surface area contributed by atoms with Crippen molar-refractivity contribution in [3.63, 3.8) is 0 Å². The standard InChI is InChI=1S/C4H8INO2S/c1-3(6-9-5)4(7)8-2/h3,6H,1-2H3/t3-/m1/s1. The number of carbonyl (C=O) groups is 1. The van der Waals surface area contributed by atoms with Crippen LogP contribution in [0.25, 0.3) is 0 Å². The number of carbonyl (C=O) groups excluding carboxylic acids is 1. The largest absolute Gasteiger partial charge is 0.468 e. The second-order valence-corrected chi connectivity index (χ2v) is 3.15. The van der Waals surface area contributed by atoms with Crippen LogP contribution in [0.4, 0.5) is 0 Å². The van der Waals surface area contributed by atoms with Gasteiger partial charge in [0, 0.05) is 21.2 Å². The van der Waals surface area contributed by atoms with Crippen LogP contribution >= 0.6 is 30.3 Å². The first-order valence-corrected chi connectivity index (χ1v) is 5.69. The van der Waals surface area contributed by atoms with Gasteiger partial charge in [0.15, 0.2) is 0 Å². The average molecular weight is 261 g/mol. The Labute approximate surface area is 70.6 Å². The molecule has 0 radical (unpaired) electrons. The zero-order valence-corrected chi connectivity index (χ0v) is 8.15. The van der Waals surface area contributed by atoms with E-state index in [9.17, 15) is 4.79 Å². The van der Waals surface area contributed by atoms with E-state index in [2.05, 4.69) is 30.7 Å². The lowest BCUT2D eigenvalue weighted by atomic mass is 10.4. The summed E-state index contributed by atoms with van der Waals surface area (Å²) in [4.78, 5) is 10.6. The van der Waals surface area contributed by atoms with Crippen LogP contribution in [0.15, 0.2) is 0 Å². The second-order valence-electron chi connectivity index (χ2n) is 1.44. The number of esters is 1. The maximum absolute atomic E-state index is 10.6. The van der Waals surface area contributed by atoms with Crippen LogP contribution in [0, 0.1) is 0 Å². The molecule has 0 heterocycles. The molecule has 5 heteroatoms. The molecule has 1 atom stereocenters. The fraction of sp³-hybridized carbons (Fsp3) is 0.750. The predicted octanol–water partition coefficient (Wildman–Crippen LogP) is 1.14. The van der Waals surface area contributed by atoms with Gasteiger partial charge in [0.1, 0.15) is 6.04 Å². The molecular weight excluding hydrogens is 253 g/mol. The van der Waals surface area contributed by atoms with Crippen LogP contribution in [0.3, 0.4) is 0 Å². The van der Waals surface area contributed by atoms with Crippen molar-refractivity contribution in [3.05, 3.63) is 0 Å². The number of hydrogen-bond donors (Lipinski definition) is 1. The lowest BCUT2D eigenvalue weighted by molar-refractivity contribution is -0.142. The highest BCUT2D eigenvalue weighted by Crippen LogP contribution is 2.06. The molecule has 0 spiro atoms. The first kappa shape index (κ1) is 9.51. The summed E-state index contributed by atoms with van der Waals surface area (Å²) in [5, 5.41) is 0. The Hall–Kier alpha value is 0.510. The van der Waals surface area contributed by atoms with E-state index in [4.69, 9.17) is 0 Å². The quantitative estimate of drug-likeness (QED) is 0.469.